The van der Waals surface area contributed by atoms with Crippen LogP contribution in [0.25, 0.3) is 0 Å². The zero-order chi connectivity index (χ0) is 17.2. The number of hydrogen-bond donors (Lipinski definition) is 0. The van der Waals surface area contributed by atoms with Gasteiger partial charge < -0.3 is 13.9 Å². The van der Waals surface area contributed by atoms with Crippen LogP contribution in [0.1, 0.15) is 58.1 Å². The predicted molar refractivity (Wildman–Crippen MR) is 90.7 cm³/mol. The van der Waals surface area contributed by atoms with E-state index in [0.717, 1.165) is 12.8 Å². The highest BCUT2D eigenvalue weighted by Crippen LogP contribution is 2.42. The third-order valence-electron chi connectivity index (χ3n) is 5.17. The maximum absolute atomic E-state index is 13.0. The second-order valence-corrected chi connectivity index (χ2v) is 7.27. The summed E-state index contributed by atoms with van der Waals surface area (Å²) in [6, 6.07) is 3.61. The molecule has 2 aliphatic rings. The van der Waals surface area contributed by atoms with Gasteiger partial charge in [0.15, 0.2) is 6.10 Å². The van der Waals surface area contributed by atoms with Crippen LogP contribution in [0.4, 0.5) is 0 Å². The Labute approximate surface area is 143 Å². The second-order valence-electron chi connectivity index (χ2n) is 7.27. The molecule has 1 aliphatic heterocycles. The minimum absolute atomic E-state index is 0.108. The lowest BCUT2D eigenvalue weighted by molar-refractivity contribution is -0.159. The Kier molecular flexibility index (Phi) is 4.97. The average Bonchev–Trinajstić information content (AvgIpc) is 3.12. The average molecular weight is 333 g/mol. The van der Waals surface area contributed by atoms with E-state index >= 15 is 0 Å². The molecular weight excluding hydrogens is 306 g/mol. The highest BCUT2D eigenvalue weighted by atomic mass is 16.6. The summed E-state index contributed by atoms with van der Waals surface area (Å²) in [7, 11) is 1.58. The molecule has 0 unspecified atom stereocenters. The van der Waals surface area contributed by atoms with E-state index in [1.807, 2.05) is 19.9 Å². The molecule has 1 fully saturated rings. The fourth-order valence-corrected chi connectivity index (χ4v) is 3.85. The molecule has 0 spiro atoms. The van der Waals surface area contributed by atoms with Crippen molar-refractivity contribution in [3.05, 3.63) is 24.2 Å². The van der Waals surface area contributed by atoms with E-state index in [9.17, 15) is 4.79 Å². The van der Waals surface area contributed by atoms with Crippen LogP contribution >= 0.6 is 0 Å². The van der Waals surface area contributed by atoms with E-state index in [1.54, 1.807) is 19.4 Å². The number of esters is 1. The summed E-state index contributed by atoms with van der Waals surface area (Å²) in [5.74, 6) is 1.28. The number of cyclic esters (lactones) is 1. The number of carbonyl (C=O) groups excluding carboxylic acids is 1. The molecule has 0 amide bonds. The summed E-state index contributed by atoms with van der Waals surface area (Å²) in [4.78, 5) is 17.8. The van der Waals surface area contributed by atoms with Gasteiger partial charge in [-0.2, -0.15) is 0 Å². The van der Waals surface area contributed by atoms with Gasteiger partial charge in [-0.15, -0.1) is 0 Å². The minimum Gasteiger partial charge on any atom is -0.482 e. The molecule has 5 heteroatoms. The molecule has 0 radical (unpaired) electrons. The summed E-state index contributed by atoms with van der Waals surface area (Å²) in [5, 5.41) is 0. The number of ether oxygens (including phenoxy) is 2. The van der Waals surface area contributed by atoms with Crippen LogP contribution in [-0.4, -0.2) is 25.1 Å². The van der Waals surface area contributed by atoms with Gasteiger partial charge in [-0.3, -0.25) is 0 Å². The van der Waals surface area contributed by atoms with Crippen LogP contribution in [0.5, 0.6) is 0 Å². The van der Waals surface area contributed by atoms with Crippen molar-refractivity contribution < 1.29 is 18.7 Å². The van der Waals surface area contributed by atoms with Crippen molar-refractivity contribution in [1.29, 1.82) is 0 Å². The van der Waals surface area contributed by atoms with E-state index in [0.29, 0.717) is 24.0 Å². The summed E-state index contributed by atoms with van der Waals surface area (Å²) in [6.45, 7) is 3.99. The van der Waals surface area contributed by atoms with Crippen molar-refractivity contribution in [2.24, 2.45) is 16.8 Å². The number of aliphatic imine (C=N–C) groups is 1. The van der Waals surface area contributed by atoms with Gasteiger partial charge in [0.05, 0.1) is 13.4 Å². The van der Waals surface area contributed by atoms with Crippen molar-refractivity contribution in [2.75, 3.05) is 7.11 Å². The molecule has 1 saturated carbocycles. The van der Waals surface area contributed by atoms with Gasteiger partial charge in [0.25, 0.3) is 0 Å². The molecule has 5 nitrogen and oxygen atoms in total. The number of carbonyl (C=O) groups is 1. The molecule has 1 aliphatic carbocycles. The second kappa shape index (κ2) is 6.99. The van der Waals surface area contributed by atoms with Gasteiger partial charge in [-0.1, -0.05) is 46.0 Å². The summed E-state index contributed by atoms with van der Waals surface area (Å²) in [5.41, 5.74) is -1.11. The van der Waals surface area contributed by atoms with E-state index in [-0.39, 0.29) is 11.9 Å². The first-order chi connectivity index (χ1) is 11.6. The molecule has 132 valence electrons. The van der Waals surface area contributed by atoms with E-state index < -0.39 is 11.6 Å². The maximum atomic E-state index is 13.0. The molecule has 0 bridgehead atoms. The largest absolute Gasteiger partial charge is 0.482 e. The number of nitrogens with zero attached hydrogens (tertiary/aromatic N) is 1. The highest BCUT2D eigenvalue weighted by molar-refractivity contribution is 5.94. The number of hydrogen-bond acceptors (Lipinski definition) is 5. The van der Waals surface area contributed by atoms with Crippen LogP contribution < -0.4 is 0 Å². The van der Waals surface area contributed by atoms with Gasteiger partial charge >= 0.3 is 5.97 Å². The highest BCUT2D eigenvalue weighted by Gasteiger charge is 2.51. The monoisotopic (exact) mass is 333 g/mol. The van der Waals surface area contributed by atoms with Crippen LogP contribution in [0.3, 0.4) is 0 Å². The quantitative estimate of drug-likeness (QED) is 0.779. The molecule has 2 atom stereocenters. The zero-order valence-corrected chi connectivity index (χ0v) is 14.8. The Morgan fingerprint density at radius 3 is 2.67 bits per heavy atom. The summed E-state index contributed by atoms with van der Waals surface area (Å²) < 4.78 is 16.9. The van der Waals surface area contributed by atoms with Crippen LogP contribution in [-0.2, 0) is 19.8 Å². The summed E-state index contributed by atoms with van der Waals surface area (Å²) in [6.07, 6.45) is 7.72. The van der Waals surface area contributed by atoms with Crippen molar-refractivity contribution in [2.45, 2.75) is 64.0 Å². The molecule has 1 aromatic rings. The van der Waals surface area contributed by atoms with Crippen LogP contribution in [0, 0.1) is 11.8 Å². The Morgan fingerprint density at radius 1 is 1.33 bits per heavy atom. The van der Waals surface area contributed by atoms with Gasteiger partial charge in [0, 0.05) is 0 Å². The molecule has 24 heavy (non-hydrogen) atoms. The molecule has 0 saturated heterocycles. The number of furan rings is 1. The third kappa shape index (κ3) is 3.08. The van der Waals surface area contributed by atoms with Crippen molar-refractivity contribution in [3.8, 4) is 0 Å². The third-order valence-corrected chi connectivity index (χ3v) is 5.17. The van der Waals surface area contributed by atoms with Crippen molar-refractivity contribution in [3.63, 3.8) is 0 Å². The smallest absolute Gasteiger partial charge is 0.342 e. The van der Waals surface area contributed by atoms with Gasteiger partial charge in [0.1, 0.15) is 5.76 Å². The Balaban J connectivity index is 2.00. The van der Waals surface area contributed by atoms with E-state index in [1.165, 1.54) is 19.3 Å². The summed E-state index contributed by atoms with van der Waals surface area (Å²) >= 11 is 0. The van der Waals surface area contributed by atoms with E-state index in [4.69, 9.17) is 18.9 Å². The topological polar surface area (TPSA) is 61.0 Å². The van der Waals surface area contributed by atoms with E-state index in [2.05, 4.69) is 0 Å². The first-order valence-corrected chi connectivity index (χ1v) is 8.95. The molecular formula is C19H27NO4. The van der Waals surface area contributed by atoms with Gasteiger partial charge in [0.2, 0.25) is 11.4 Å². The number of rotatable bonds is 4. The van der Waals surface area contributed by atoms with Gasteiger partial charge in [-0.25, -0.2) is 9.79 Å². The normalized spacial score (nSPS) is 28.6. The Hall–Kier alpha value is -1.78. The SMILES string of the molecule is COC1=N[C@](CC2CCCCC2)(c2ccco2)C(=O)O[C@H]1C(C)C. The molecule has 3 rings (SSSR count). The van der Waals surface area contributed by atoms with Crippen LogP contribution in [0.2, 0.25) is 0 Å². The standard InChI is InChI=1S/C19H27NO4/c1-13(2)16-17(22-3)20-19(18(21)24-16,15-10-7-11-23-15)12-14-8-5-4-6-9-14/h7,10-11,13-14,16H,4-6,8-9,12H2,1-3H3/t16-,19+/m0/s1. The zero-order valence-electron chi connectivity index (χ0n) is 14.8. The van der Waals surface area contributed by atoms with Crippen LogP contribution in [0.15, 0.2) is 27.8 Å². The van der Waals surface area contributed by atoms with Gasteiger partial charge in [-0.05, 0) is 30.4 Å². The Bertz CT molecular complexity index is 587. The lowest BCUT2D eigenvalue weighted by Crippen LogP contribution is -2.49. The number of methoxy groups -OCH3 is 1. The lowest BCUT2D eigenvalue weighted by Gasteiger charge is -2.37. The molecule has 0 aromatic carbocycles. The molecule has 2 heterocycles. The minimum atomic E-state index is -1.11. The molecule has 1 aromatic heterocycles. The first kappa shape index (κ1) is 17.1. The Morgan fingerprint density at radius 2 is 2.08 bits per heavy atom. The predicted octanol–water partition coefficient (Wildman–Crippen LogP) is 4.07. The maximum Gasteiger partial charge on any atom is 0.342 e. The molecule has 0 N–H and O–H groups in total. The fraction of sp³-hybridized carbons (Fsp3) is 0.684. The first-order valence-electron chi connectivity index (χ1n) is 8.95. The fourth-order valence-electron chi connectivity index (χ4n) is 3.85. The van der Waals surface area contributed by atoms with Crippen molar-refractivity contribution >= 4 is 11.9 Å². The van der Waals surface area contributed by atoms with Crippen molar-refractivity contribution in [1.82, 2.24) is 0 Å². The lowest BCUT2D eigenvalue weighted by atomic mass is 9.78.